The summed E-state index contributed by atoms with van der Waals surface area (Å²) in [5.74, 6) is -0.0517. The number of carbonyl (C=O) groups is 1. The summed E-state index contributed by atoms with van der Waals surface area (Å²) in [7, 11) is -3.81. The third kappa shape index (κ3) is 4.76. The van der Waals surface area contributed by atoms with Crippen molar-refractivity contribution in [2.24, 2.45) is 5.14 Å². The molecule has 8 heteroatoms. The molecule has 0 unspecified atom stereocenters. The molecule has 7 nitrogen and oxygen atoms in total. The SMILES string of the molecule is CCNC(=O)CCNc1ccc(S(N)(=O)=O)c(N)c1. The molecule has 1 amide bonds. The van der Waals surface area contributed by atoms with Crippen molar-refractivity contribution < 1.29 is 13.2 Å². The van der Waals surface area contributed by atoms with E-state index in [9.17, 15) is 13.2 Å². The number of anilines is 2. The zero-order valence-electron chi connectivity index (χ0n) is 10.6. The number of benzene rings is 1. The molecule has 0 spiro atoms. The van der Waals surface area contributed by atoms with Crippen LogP contribution < -0.4 is 21.5 Å². The van der Waals surface area contributed by atoms with E-state index in [2.05, 4.69) is 10.6 Å². The third-order valence-electron chi connectivity index (χ3n) is 2.37. The first-order valence-electron chi connectivity index (χ1n) is 5.77. The summed E-state index contributed by atoms with van der Waals surface area (Å²) in [5.41, 5.74) is 6.32. The van der Waals surface area contributed by atoms with E-state index in [-0.39, 0.29) is 16.5 Å². The van der Waals surface area contributed by atoms with E-state index in [1.165, 1.54) is 12.1 Å². The van der Waals surface area contributed by atoms with E-state index < -0.39 is 10.0 Å². The van der Waals surface area contributed by atoms with Crippen LogP contribution in [0.3, 0.4) is 0 Å². The molecule has 106 valence electrons. The van der Waals surface area contributed by atoms with Crippen molar-refractivity contribution in [1.82, 2.24) is 5.32 Å². The maximum Gasteiger partial charge on any atom is 0.240 e. The Kier molecular flexibility index (Phi) is 5.13. The van der Waals surface area contributed by atoms with E-state index in [0.29, 0.717) is 25.2 Å². The second-order valence-electron chi connectivity index (χ2n) is 3.93. The number of nitrogens with one attached hydrogen (secondary N) is 2. The zero-order chi connectivity index (χ0) is 14.5. The molecule has 0 fully saturated rings. The van der Waals surface area contributed by atoms with Crippen LogP contribution in [0.5, 0.6) is 0 Å². The molecular formula is C11H18N4O3S. The Morgan fingerprint density at radius 3 is 2.58 bits per heavy atom. The largest absolute Gasteiger partial charge is 0.398 e. The van der Waals surface area contributed by atoms with Crippen LogP contribution in [0.2, 0.25) is 0 Å². The van der Waals surface area contributed by atoms with Crippen LogP contribution in [0.15, 0.2) is 23.1 Å². The number of sulfonamides is 1. The van der Waals surface area contributed by atoms with E-state index in [1.54, 1.807) is 6.07 Å². The molecule has 0 aliphatic rings. The summed E-state index contributed by atoms with van der Waals surface area (Å²) in [4.78, 5) is 11.1. The van der Waals surface area contributed by atoms with Gasteiger partial charge >= 0.3 is 0 Å². The number of amides is 1. The van der Waals surface area contributed by atoms with Gasteiger partial charge in [-0.3, -0.25) is 4.79 Å². The Hall–Kier alpha value is -1.80. The van der Waals surface area contributed by atoms with Crippen molar-refractivity contribution in [1.29, 1.82) is 0 Å². The number of primary sulfonamides is 1. The molecule has 0 aliphatic heterocycles. The van der Waals surface area contributed by atoms with Crippen LogP contribution >= 0.6 is 0 Å². The van der Waals surface area contributed by atoms with Crippen molar-refractivity contribution >= 4 is 27.3 Å². The number of rotatable bonds is 6. The van der Waals surface area contributed by atoms with Crippen LogP contribution in [-0.2, 0) is 14.8 Å². The molecule has 1 aromatic carbocycles. The van der Waals surface area contributed by atoms with Gasteiger partial charge in [0.05, 0.1) is 5.69 Å². The van der Waals surface area contributed by atoms with Gasteiger partial charge in [-0.2, -0.15) is 0 Å². The highest BCUT2D eigenvalue weighted by Crippen LogP contribution is 2.21. The number of hydrogen-bond acceptors (Lipinski definition) is 5. The Morgan fingerprint density at radius 1 is 1.37 bits per heavy atom. The number of hydrogen-bond donors (Lipinski definition) is 4. The topological polar surface area (TPSA) is 127 Å². The minimum Gasteiger partial charge on any atom is -0.398 e. The van der Waals surface area contributed by atoms with Crippen LogP contribution in [0.4, 0.5) is 11.4 Å². The van der Waals surface area contributed by atoms with Crippen LogP contribution in [-0.4, -0.2) is 27.4 Å². The second kappa shape index (κ2) is 6.39. The maximum atomic E-state index is 11.2. The predicted molar refractivity (Wildman–Crippen MR) is 74.0 cm³/mol. The monoisotopic (exact) mass is 286 g/mol. The molecule has 0 saturated heterocycles. The predicted octanol–water partition coefficient (Wildman–Crippen LogP) is -0.146. The van der Waals surface area contributed by atoms with Gasteiger partial charge in [0, 0.05) is 25.2 Å². The Bertz CT molecular complexity index is 557. The molecule has 6 N–H and O–H groups in total. The molecule has 0 heterocycles. The van der Waals surface area contributed by atoms with E-state index in [4.69, 9.17) is 10.9 Å². The molecule has 0 radical (unpaired) electrons. The van der Waals surface area contributed by atoms with Gasteiger partial charge < -0.3 is 16.4 Å². The van der Waals surface area contributed by atoms with Crippen LogP contribution in [0, 0.1) is 0 Å². The fourth-order valence-corrected chi connectivity index (χ4v) is 2.17. The molecule has 19 heavy (non-hydrogen) atoms. The molecule has 0 saturated carbocycles. The standard InChI is InChI=1S/C11H18N4O3S/c1-2-14-11(16)5-6-15-8-3-4-10(9(12)7-8)19(13,17)18/h3-4,7,15H,2,5-6,12H2,1H3,(H,14,16)(H2,13,17,18). The minimum atomic E-state index is -3.81. The summed E-state index contributed by atoms with van der Waals surface area (Å²) >= 11 is 0. The second-order valence-corrected chi connectivity index (χ2v) is 5.46. The summed E-state index contributed by atoms with van der Waals surface area (Å²) in [6, 6.07) is 4.35. The van der Waals surface area contributed by atoms with Crippen molar-refractivity contribution in [2.45, 2.75) is 18.2 Å². The highest BCUT2D eigenvalue weighted by atomic mass is 32.2. The van der Waals surface area contributed by atoms with Gasteiger partial charge in [0.25, 0.3) is 0 Å². The van der Waals surface area contributed by atoms with Gasteiger partial charge in [0.15, 0.2) is 0 Å². The molecular weight excluding hydrogens is 268 g/mol. The Balaban J connectivity index is 2.62. The van der Waals surface area contributed by atoms with E-state index in [0.717, 1.165) is 0 Å². The van der Waals surface area contributed by atoms with Crippen LogP contribution in [0.25, 0.3) is 0 Å². The van der Waals surface area contributed by atoms with Gasteiger partial charge in [-0.25, -0.2) is 13.6 Å². The summed E-state index contributed by atoms with van der Waals surface area (Å²) in [6.45, 7) is 2.87. The normalized spacial score (nSPS) is 11.1. The number of carbonyl (C=O) groups excluding carboxylic acids is 1. The summed E-state index contributed by atoms with van der Waals surface area (Å²) in [5, 5.41) is 10.6. The number of nitrogens with two attached hydrogens (primary N) is 2. The highest BCUT2D eigenvalue weighted by molar-refractivity contribution is 7.89. The quantitative estimate of drug-likeness (QED) is 0.541. The molecule has 1 aromatic rings. The first-order chi connectivity index (χ1) is 8.84. The molecule has 0 aromatic heterocycles. The molecule has 1 rings (SSSR count). The summed E-state index contributed by atoms with van der Waals surface area (Å²) in [6.07, 6.45) is 0.324. The van der Waals surface area contributed by atoms with Crippen molar-refractivity contribution in [3.05, 3.63) is 18.2 Å². The lowest BCUT2D eigenvalue weighted by Crippen LogP contribution is -2.24. The lowest BCUT2D eigenvalue weighted by molar-refractivity contribution is -0.120. The van der Waals surface area contributed by atoms with Crippen molar-refractivity contribution in [3.8, 4) is 0 Å². The fraction of sp³-hybridized carbons (Fsp3) is 0.364. The average molecular weight is 286 g/mol. The van der Waals surface area contributed by atoms with Crippen LogP contribution in [0.1, 0.15) is 13.3 Å². The lowest BCUT2D eigenvalue weighted by atomic mass is 10.2. The van der Waals surface area contributed by atoms with E-state index >= 15 is 0 Å². The molecule has 0 aliphatic carbocycles. The third-order valence-corrected chi connectivity index (χ3v) is 3.36. The minimum absolute atomic E-state index is 0.0517. The van der Waals surface area contributed by atoms with Gasteiger partial charge in [-0.05, 0) is 25.1 Å². The average Bonchev–Trinajstić information content (AvgIpc) is 2.27. The fourth-order valence-electron chi connectivity index (χ4n) is 1.52. The molecule has 0 bridgehead atoms. The Morgan fingerprint density at radius 2 is 2.05 bits per heavy atom. The first kappa shape index (κ1) is 15.3. The van der Waals surface area contributed by atoms with Crippen molar-refractivity contribution in [2.75, 3.05) is 24.1 Å². The van der Waals surface area contributed by atoms with E-state index in [1.807, 2.05) is 6.92 Å². The summed E-state index contributed by atoms with van der Waals surface area (Å²) < 4.78 is 22.3. The van der Waals surface area contributed by atoms with Gasteiger partial charge in [0.2, 0.25) is 15.9 Å². The molecule has 0 atom stereocenters. The lowest BCUT2D eigenvalue weighted by Gasteiger charge is -2.09. The maximum absolute atomic E-state index is 11.2. The first-order valence-corrected chi connectivity index (χ1v) is 7.32. The van der Waals surface area contributed by atoms with Gasteiger partial charge in [0.1, 0.15) is 4.90 Å². The Labute approximate surface area is 112 Å². The van der Waals surface area contributed by atoms with Gasteiger partial charge in [-0.15, -0.1) is 0 Å². The smallest absolute Gasteiger partial charge is 0.240 e. The van der Waals surface area contributed by atoms with Crippen molar-refractivity contribution in [3.63, 3.8) is 0 Å². The zero-order valence-corrected chi connectivity index (χ0v) is 11.5. The number of nitrogen functional groups attached to an aromatic ring is 1. The highest BCUT2D eigenvalue weighted by Gasteiger charge is 2.12. The van der Waals surface area contributed by atoms with Gasteiger partial charge in [-0.1, -0.05) is 0 Å².